The predicted molar refractivity (Wildman–Crippen MR) is 72.5 cm³/mol. The standard InChI is InChI=1S/C11H17N3OS2/c1-7-8(2)17-10(5-16-7)9(15)4-11-12-6-13-14(11)3/h6-8,10H,4-5H2,1-3H3. The Morgan fingerprint density at radius 1 is 1.53 bits per heavy atom. The molecule has 0 bridgehead atoms. The second kappa shape index (κ2) is 5.44. The van der Waals surface area contributed by atoms with Gasteiger partial charge in [-0.1, -0.05) is 13.8 Å². The van der Waals surface area contributed by atoms with Gasteiger partial charge in [0.25, 0.3) is 0 Å². The third-order valence-corrected chi connectivity index (χ3v) is 6.49. The van der Waals surface area contributed by atoms with Crippen molar-refractivity contribution in [3.8, 4) is 0 Å². The average molecular weight is 271 g/mol. The lowest BCUT2D eigenvalue weighted by atomic mass is 10.2. The first kappa shape index (κ1) is 13.0. The Kier molecular flexibility index (Phi) is 4.14. The van der Waals surface area contributed by atoms with E-state index in [0.717, 1.165) is 11.6 Å². The summed E-state index contributed by atoms with van der Waals surface area (Å²) in [7, 11) is 1.82. The highest BCUT2D eigenvalue weighted by Crippen LogP contribution is 2.36. The van der Waals surface area contributed by atoms with E-state index >= 15 is 0 Å². The third kappa shape index (κ3) is 3.04. The maximum Gasteiger partial charge on any atom is 0.154 e. The van der Waals surface area contributed by atoms with Crippen LogP contribution in [0.2, 0.25) is 0 Å². The van der Waals surface area contributed by atoms with Crippen LogP contribution in [-0.4, -0.2) is 42.1 Å². The van der Waals surface area contributed by atoms with Crippen molar-refractivity contribution < 1.29 is 4.79 Å². The highest BCUT2D eigenvalue weighted by Gasteiger charge is 2.30. The molecule has 0 N–H and O–H groups in total. The minimum absolute atomic E-state index is 0.114. The average Bonchev–Trinajstić information content (AvgIpc) is 2.68. The number of nitrogens with zero attached hydrogens (tertiary/aromatic N) is 3. The molecule has 1 aliphatic heterocycles. The van der Waals surface area contributed by atoms with Crippen molar-refractivity contribution in [2.75, 3.05) is 5.75 Å². The van der Waals surface area contributed by atoms with Gasteiger partial charge in [-0.3, -0.25) is 9.48 Å². The minimum Gasteiger partial charge on any atom is -0.298 e. The molecule has 1 aromatic heterocycles. The van der Waals surface area contributed by atoms with Crippen molar-refractivity contribution in [1.29, 1.82) is 0 Å². The van der Waals surface area contributed by atoms with Gasteiger partial charge in [0.15, 0.2) is 5.78 Å². The number of carbonyl (C=O) groups excluding carboxylic acids is 1. The van der Waals surface area contributed by atoms with Gasteiger partial charge in [-0.2, -0.15) is 16.9 Å². The van der Waals surface area contributed by atoms with Crippen molar-refractivity contribution in [1.82, 2.24) is 14.8 Å². The van der Waals surface area contributed by atoms with E-state index < -0.39 is 0 Å². The van der Waals surface area contributed by atoms with Crippen LogP contribution >= 0.6 is 23.5 Å². The van der Waals surface area contributed by atoms with Crippen LogP contribution in [0, 0.1) is 0 Å². The summed E-state index contributed by atoms with van der Waals surface area (Å²) < 4.78 is 1.67. The number of aromatic nitrogens is 3. The van der Waals surface area contributed by atoms with Crippen molar-refractivity contribution in [3.63, 3.8) is 0 Å². The molecule has 4 nitrogen and oxygen atoms in total. The summed E-state index contributed by atoms with van der Waals surface area (Å²) >= 11 is 3.70. The number of thioether (sulfide) groups is 2. The van der Waals surface area contributed by atoms with Crippen molar-refractivity contribution in [3.05, 3.63) is 12.2 Å². The van der Waals surface area contributed by atoms with E-state index in [-0.39, 0.29) is 11.0 Å². The number of ketones is 1. The van der Waals surface area contributed by atoms with E-state index in [1.807, 2.05) is 18.8 Å². The number of rotatable bonds is 3. The maximum absolute atomic E-state index is 12.2. The molecule has 1 aromatic rings. The number of carbonyl (C=O) groups is 1. The molecule has 0 spiro atoms. The highest BCUT2D eigenvalue weighted by molar-refractivity contribution is 8.08. The molecule has 2 heterocycles. The molecular formula is C11H17N3OS2. The smallest absolute Gasteiger partial charge is 0.154 e. The van der Waals surface area contributed by atoms with Crippen LogP contribution in [0.1, 0.15) is 19.7 Å². The summed E-state index contributed by atoms with van der Waals surface area (Å²) in [6.07, 6.45) is 1.89. The molecule has 0 aromatic carbocycles. The lowest BCUT2D eigenvalue weighted by Crippen LogP contribution is -2.32. The van der Waals surface area contributed by atoms with E-state index in [9.17, 15) is 4.79 Å². The summed E-state index contributed by atoms with van der Waals surface area (Å²) in [6, 6.07) is 0. The summed E-state index contributed by atoms with van der Waals surface area (Å²) in [5, 5.41) is 5.28. The van der Waals surface area contributed by atoms with Crippen molar-refractivity contribution >= 4 is 29.3 Å². The molecule has 2 rings (SSSR count). The van der Waals surface area contributed by atoms with Gasteiger partial charge in [0.05, 0.1) is 11.7 Å². The lowest BCUT2D eigenvalue weighted by molar-refractivity contribution is -0.117. The van der Waals surface area contributed by atoms with Gasteiger partial charge in [0.2, 0.25) is 0 Å². The quantitative estimate of drug-likeness (QED) is 0.835. The summed E-state index contributed by atoms with van der Waals surface area (Å²) in [5.41, 5.74) is 0. The fourth-order valence-electron chi connectivity index (χ4n) is 1.70. The van der Waals surface area contributed by atoms with Crippen LogP contribution < -0.4 is 0 Å². The first-order chi connectivity index (χ1) is 8.08. The van der Waals surface area contributed by atoms with E-state index in [1.165, 1.54) is 6.33 Å². The Morgan fingerprint density at radius 3 is 2.88 bits per heavy atom. The van der Waals surface area contributed by atoms with Crippen LogP contribution in [0.5, 0.6) is 0 Å². The second-order valence-corrected chi connectivity index (χ2v) is 7.31. The first-order valence-electron chi connectivity index (χ1n) is 5.70. The zero-order valence-corrected chi connectivity index (χ0v) is 11.9. The van der Waals surface area contributed by atoms with E-state index in [2.05, 4.69) is 23.9 Å². The third-order valence-electron chi connectivity index (χ3n) is 3.05. The normalized spacial score (nSPS) is 29.2. The van der Waals surface area contributed by atoms with Gasteiger partial charge in [-0.25, -0.2) is 4.98 Å². The number of Topliss-reactive ketones (excluding diaryl/α,β-unsaturated/α-hetero) is 1. The Bertz CT molecular complexity index is 407. The molecule has 3 atom stereocenters. The second-order valence-electron chi connectivity index (χ2n) is 4.31. The fourth-order valence-corrected chi connectivity index (χ4v) is 4.59. The summed E-state index contributed by atoms with van der Waals surface area (Å²) in [6.45, 7) is 4.43. The van der Waals surface area contributed by atoms with E-state index in [4.69, 9.17) is 0 Å². The van der Waals surface area contributed by atoms with Crippen LogP contribution in [0.15, 0.2) is 6.33 Å². The van der Waals surface area contributed by atoms with Crippen LogP contribution in [0.25, 0.3) is 0 Å². The van der Waals surface area contributed by atoms with Crippen LogP contribution in [0.4, 0.5) is 0 Å². The van der Waals surface area contributed by atoms with E-state index in [0.29, 0.717) is 16.9 Å². The number of aryl methyl sites for hydroxylation is 1. The molecule has 17 heavy (non-hydrogen) atoms. The van der Waals surface area contributed by atoms with Crippen molar-refractivity contribution in [2.45, 2.75) is 36.0 Å². The molecule has 0 radical (unpaired) electrons. The van der Waals surface area contributed by atoms with Gasteiger partial charge in [-0.05, 0) is 0 Å². The largest absolute Gasteiger partial charge is 0.298 e. The zero-order valence-electron chi connectivity index (χ0n) is 10.3. The van der Waals surface area contributed by atoms with Crippen LogP contribution in [0.3, 0.4) is 0 Å². The number of hydrogen-bond donors (Lipinski definition) is 0. The molecule has 0 saturated carbocycles. The van der Waals surface area contributed by atoms with Gasteiger partial charge in [0.1, 0.15) is 12.2 Å². The summed E-state index contributed by atoms with van der Waals surface area (Å²) in [5.74, 6) is 1.96. The first-order valence-corrected chi connectivity index (χ1v) is 7.69. The van der Waals surface area contributed by atoms with Gasteiger partial charge in [-0.15, -0.1) is 11.8 Å². The monoisotopic (exact) mass is 271 g/mol. The van der Waals surface area contributed by atoms with Gasteiger partial charge in [0, 0.05) is 23.3 Å². The molecule has 1 fully saturated rings. The molecule has 1 saturated heterocycles. The summed E-state index contributed by atoms with van der Waals surface area (Å²) in [4.78, 5) is 16.3. The Labute approximate surface area is 110 Å². The molecular weight excluding hydrogens is 254 g/mol. The Hall–Kier alpha value is -0.490. The number of hydrogen-bond acceptors (Lipinski definition) is 5. The molecule has 94 valence electrons. The van der Waals surface area contributed by atoms with E-state index in [1.54, 1.807) is 16.4 Å². The molecule has 0 amide bonds. The SMILES string of the molecule is CC1SCC(C(=O)Cc2ncnn2C)SC1C. The van der Waals surface area contributed by atoms with Gasteiger partial charge >= 0.3 is 0 Å². The Morgan fingerprint density at radius 2 is 2.29 bits per heavy atom. The molecule has 6 heteroatoms. The maximum atomic E-state index is 12.2. The topological polar surface area (TPSA) is 47.8 Å². The Balaban J connectivity index is 1.95. The molecule has 1 aliphatic rings. The molecule has 0 aliphatic carbocycles. The molecule has 3 unspecified atom stereocenters. The fraction of sp³-hybridized carbons (Fsp3) is 0.727. The highest BCUT2D eigenvalue weighted by atomic mass is 32.2. The lowest BCUT2D eigenvalue weighted by Gasteiger charge is -2.30. The predicted octanol–water partition coefficient (Wildman–Crippen LogP) is 1.55. The minimum atomic E-state index is 0.114. The van der Waals surface area contributed by atoms with Crippen LogP contribution in [-0.2, 0) is 18.3 Å². The zero-order chi connectivity index (χ0) is 12.4. The van der Waals surface area contributed by atoms with Crippen molar-refractivity contribution in [2.24, 2.45) is 7.05 Å². The van der Waals surface area contributed by atoms with Gasteiger partial charge < -0.3 is 0 Å².